The molecule has 7 heteroatoms. The average Bonchev–Trinajstić information content (AvgIpc) is 2.57. The van der Waals surface area contributed by atoms with Gasteiger partial charge in [0.25, 0.3) is 0 Å². The fourth-order valence-electron chi connectivity index (χ4n) is 2.62. The maximum Gasteiger partial charge on any atom is 0.361 e. The lowest BCUT2D eigenvalue weighted by molar-refractivity contribution is -0.222. The molecule has 2 rings (SSSR count). The Kier molecular flexibility index (Phi) is 3.83. The van der Waals surface area contributed by atoms with Gasteiger partial charge in [-0.15, -0.1) is 0 Å². The molecular weight excluding hydrogens is 288 g/mol. The van der Waals surface area contributed by atoms with Crippen LogP contribution in [0, 0.1) is 17.3 Å². The Labute approximate surface area is 120 Å². The third kappa shape index (κ3) is 2.15. The number of rotatable bonds is 2. The summed E-state index contributed by atoms with van der Waals surface area (Å²) in [4.78, 5) is 24.9. The van der Waals surface area contributed by atoms with E-state index in [9.17, 15) is 14.7 Å². The van der Waals surface area contributed by atoms with E-state index in [1.165, 1.54) is 0 Å². The van der Waals surface area contributed by atoms with E-state index < -0.39 is 27.2 Å². The molecule has 1 atom stereocenters. The number of carbonyl (C=O) groups excluding carboxylic acids is 2. The number of hydrogen-bond donors (Lipinski definition) is 1. The lowest BCUT2D eigenvalue weighted by atomic mass is 9.68. The van der Waals surface area contributed by atoms with Crippen molar-refractivity contribution in [3.8, 4) is 0 Å². The van der Waals surface area contributed by atoms with Crippen LogP contribution in [-0.4, -0.2) is 32.7 Å². The van der Waals surface area contributed by atoms with Crippen molar-refractivity contribution < 1.29 is 24.2 Å². The SMILES string of the molecule is CC(C)C1(C(C)C)C(=O)OC2(OC1=O)SCC(O)S2. The highest BCUT2D eigenvalue weighted by atomic mass is 32.2. The van der Waals surface area contributed by atoms with Crippen LogP contribution >= 0.6 is 23.5 Å². The van der Waals surface area contributed by atoms with Crippen LogP contribution in [0.2, 0.25) is 0 Å². The molecule has 2 heterocycles. The highest BCUT2D eigenvalue weighted by molar-refractivity contribution is 8.21. The zero-order valence-corrected chi connectivity index (χ0v) is 13.0. The van der Waals surface area contributed by atoms with Crippen LogP contribution in [0.25, 0.3) is 0 Å². The van der Waals surface area contributed by atoms with E-state index >= 15 is 0 Å². The van der Waals surface area contributed by atoms with Crippen molar-refractivity contribution in [2.45, 2.75) is 37.6 Å². The van der Waals surface area contributed by atoms with Gasteiger partial charge < -0.3 is 14.6 Å². The topological polar surface area (TPSA) is 72.8 Å². The minimum atomic E-state index is -1.40. The molecule has 2 aliphatic heterocycles. The van der Waals surface area contributed by atoms with E-state index in [1.54, 1.807) is 0 Å². The molecule has 5 nitrogen and oxygen atoms in total. The fourth-order valence-corrected chi connectivity index (χ4v) is 5.11. The number of hydrogen-bond acceptors (Lipinski definition) is 7. The number of esters is 2. The number of aliphatic hydroxyl groups is 1. The molecule has 1 N–H and O–H groups in total. The second-order valence-corrected chi connectivity index (χ2v) is 8.08. The smallest absolute Gasteiger partial charge is 0.361 e. The third-order valence-electron chi connectivity index (χ3n) is 3.62. The van der Waals surface area contributed by atoms with Crippen LogP contribution in [-0.2, 0) is 19.1 Å². The summed E-state index contributed by atoms with van der Waals surface area (Å²) in [5.41, 5.74) is -1.96. The van der Waals surface area contributed by atoms with E-state index in [0.29, 0.717) is 5.75 Å². The molecule has 2 aliphatic rings. The Morgan fingerprint density at radius 2 is 1.63 bits per heavy atom. The fraction of sp³-hybridized carbons (Fsp3) is 0.833. The molecule has 2 saturated heterocycles. The van der Waals surface area contributed by atoms with Crippen molar-refractivity contribution in [3.63, 3.8) is 0 Å². The highest BCUT2D eigenvalue weighted by Gasteiger charge is 2.64. The maximum absolute atomic E-state index is 12.4. The first kappa shape index (κ1) is 15.0. The van der Waals surface area contributed by atoms with E-state index in [-0.39, 0.29) is 11.8 Å². The van der Waals surface area contributed by atoms with Gasteiger partial charge in [-0.3, -0.25) is 9.59 Å². The van der Waals surface area contributed by atoms with Crippen molar-refractivity contribution in [2.75, 3.05) is 5.75 Å². The normalized spacial score (nSPS) is 28.9. The molecule has 0 aliphatic carbocycles. The van der Waals surface area contributed by atoms with Crippen molar-refractivity contribution in [2.24, 2.45) is 17.3 Å². The maximum atomic E-state index is 12.4. The summed E-state index contributed by atoms with van der Waals surface area (Å²) in [6.07, 6.45) is 0. The van der Waals surface area contributed by atoms with E-state index in [0.717, 1.165) is 23.5 Å². The molecule has 0 aromatic heterocycles. The number of carbonyl (C=O) groups is 2. The van der Waals surface area contributed by atoms with Crippen LogP contribution in [0.5, 0.6) is 0 Å². The summed E-state index contributed by atoms with van der Waals surface area (Å²) in [6, 6.07) is 0. The molecule has 0 radical (unpaired) electrons. The van der Waals surface area contributed by atoms with Crippen molar-refractivity contribution in [1.82, 2.24) is 0 Å². The number of aliphatic hydroxyl groups excluding tert-OH is 1. The lowest BCUT2D eigenvalue weighted by Gasteiger charge is -2.44. The molecule has 0 aromatic rings. The minimum Gasteiger partial charge on any atom is -0.403 e. The molecule has 2 fully saturated rings. The standard InChI is InChI=1S/C12H18O5S2/c1-6(2)11(7(3)4)9(14)16-12(17-10(11)15)18-5-8(13)19-12/h6-8,13H,5H2,1-4H3. The van der Waals surface area contributed by atoms with Gasteiger partial charge in [0.15, 0.2) is 5.41 Å². The van der Waals surface area contributed by atoms with Crippen LogP contribution in [0.15, 0.2) is 0 Å². The second kappa shape index (κ2) is 4.86. The molecule has 0 amide bonds. The van der Waals surface area contributed by atoms with Crippen molar-refractivity contribution in [1.29, 1.82) is 0 Å². The Bertz CT molecular complexity index is 379. The first-order valence-corrected chi connectivity index (χ1v) is 8.08. The van der Waals surface area contributed by atoms with Gasteiger partial charge in [-0.2, -0.15) is 0 Å². The van der Waals surface area contributed by atoms with Gasteiger partial charge in [-0.1, -0.05) is 39.5 Å². The Balaban J connectivity index is 2.34. The van der Waals surface area contributed by atoms with Gasteiger partial charge in [0.05, 0.1) is 0 Å². The summed E-state index contributed by atoms with van der Waals surface area (Å²) in [5.74, 6) is -1.18. The molecule has 0 saturated carbocycles. The molecule has 0 aromatic carbocycles. The first-order chi connectivity index (χ1) is 8.74. The summed E-state index contributed by atoms with van der Waals surface area (Å²) in [5, 5.41) is 9.53. The van der Waals surface area contributed by atoms with Crippen molar-refractivity contribution >= 4 is 35.5 Å². The van der Waals surface area contributed by atoms with Crippen LogP contribution in [0.3, 0.4) is 0 Å². The molecule has 19 heavy (non-hydrogen) atoms. The third-order valence-corrected chi connectivity index (χ3v) is 6.37. The molecule has 108 valence electrons. The predicted molar refractivity (Wildman–Crippen MR) is 73.1 cm³/mol. The monoisotopic (exact) mass is 306 g/mol. The Hall–Kier alpha value is -0.400. The van der Waals surface area contributed by atoms with Crippen LogP contribution in [0.4, 0.5) is 0 Å². The highest BCUT2D eigenvalue weighted by Crippen LogP contribution is 2.55. The first-order valence-electron chi connectivity index (χ1n) is 6.21. The van der Waals surface area contributed by atoms with Gasteiger partial charge in [0.1, 0.15) is 5.44 Å². The Morgan fingerprint density at radius 1 is 1.16 bits per heavy atom. The largest absolute Gasteiger partial charge is 0.403 e. The van der Waals surface area contributed by atoms with Gasteiger partial charge in [0.2, 0.25) is 0 Å². The van der Waals surface area contributed by atoms with Gasteiger partial charge in [0, 0.05) is 5.75 Å². The quantitative estimate of drug-likeness (QED) is 0.616. The van der Waals surface area contributed by atoms with Gasteiger partial charge in [-0.05, 0) is 23.6 Å². The summed E-state index contributed by atoms with van der Waals surface area (Å²) < 4.78 is 9.39. The van der Waals surface area contributed by atoms with Gasteiger partial charge >= 0.3 is 16.4 Å². The minimum absolute atomic E-state index is 0.217. The lowest BCUT2D eigenvalue weighted by Crippen LogP contribution is -2.58. The molecule has 1 spiro atoms. The van der Waals surface area contributed by atoms with Crippen LogP contribution < -0.4 is 0 Å². The molecule has 0 bridgehead atoms. The summed E-state index contributed by atoms with van der Waals surface area (Å²) in [6.45, 7) is 7.24. The van der Waals surface area contributed by atoms with Crippen LogP contribution in [0.1, 0.15) is 27.7 Å². The summed E-state index contributed by atoms with van der Waals surface area (Å²) in [7, 11) is 0. The summed E-state index contributed by atoms with van der Waals surface area (Å²) >= 11 is 2.09. The number of ether oxygens (including phenoxy) is 2. The second-order valence-electron chi connectivity index (χ2n) is 5.34. The zero-order valence-electron chi connectivity index (χ0n) is 11.3. The van der Waals surface area contributed by atoms with Gasteiger partial charge in [-0.25, -0.2) is 0 Å². The molecular formula is C12H18O5S2. The van der Waals surface area contributed by atoms with E-state index in [2.05, 4.69) is 0 Å². The predicted octanol–water partition coefficient (Wildman–Crippen LogP) is 1.79. The molecule has 1 unspecified atom stereocenters. The Morgan fingerprint density at radius 3 is 1.95 bits per heavy atom. The number of thioether (sulfide) groups is 2. The van der Waals surface area contributed by atoms with E-state index in [1.807, 2.05) is 27.7 Å². The van der Waals surface area contributed by atoms with Crippen molar-refractivity contribution in [3.05, 3.63) is 0 Å². The van der Waals surface area contributed by atoms with E-state index in [4.69, 9.17) is 9.47 Å². The zero-order chi connectivity index (χ0) is 14.4. The average molecular weight is 306 g/mol.